The van der Waals surface area contributed by atoms with Gasteiger partial charge < -0.3 is 20.5 Å². The fraction of sp³-hybridized carbons (Fsp3) is 0.300. The molecular formula is C20H24ClN5O2S. The van der Waals surface area contributed by atoms with Crippen LogP contribution in [0, 0.1) is 0 Å². The molecule has 0 fully saturated rings. The first-order valence-corrected chi connectivity index (χ1v) is 10.4. The molecule has 0 bridgehead atoms. The van der Waals surface area contributed by atoms with Gasteiger partial charge in [0.2, 0.25) is 0 Å². The van der Waals surface area contributed by atoms with Crippen molar-refractivity contribution in [2.45, 2.75) is 19.6 Å². The van der Waals surface area contributed by atoms with E-state index in [0.717, 1.165) is 22.0 Å². The molecule has 0 aliphatic rings. The summed E-state index contributed by atoms with van der Waals surface area (Å²) in [5.74, 6) is 1.42. The average molecular weight is 434 g/mol. The quantitative estimate of drug-likeness (QED) is 0.374. The normalized spacial score (nSPS) is 12.6. The summed E-state index contributed by atoms with van der Waals surface area (Å²) in [5.41, 5.74) is 1.78. The van der Waals surface area contributed by atoms with Gasteiger partial charge in [0.25, 0.3) is 0 Å². The van der Waals surface area contributed by atoms with Gasteiger partial charge in [0, 0.05) is 24.2 Å². The van der Waals surface area contributed by atoms with Crippen molar-refractivity contribution in [2.75, 3.05) is 20.2 Å². The van der Waals surface area contributed by atoms with Crippen LogP contribution in [0.15, 0.2) is 53.7 Å². The van der Waals surface area contributed by atoms with Crippen LogP contribution in [0.3, 0.4) is 0 Å². The van der Waals surface area contributed by atoms with E-state index in [-0.39, 0.29) is 0 Å². The summed E-state index contributed by atoms with van der Waals surface area (Å²) in [6.45, 7) is 3.46. The molecule has 3 rings (SSSR count). The van der Waals surface area contributed by atoms with Crippen LogP contribution in [0.2, 0.25) is 4.34 Å². The number of halogens is 1. The first-order chi connectivity index (χ1) is 14.1. The van der Waals surface area contributed by atoms with Crippen LogP contribution in [-0.2, 0) is 6.54 Å². The number of guanidine groups is 1. The minimum Gasteiger partial charge on any atom is -0.497 e. The molecule has 0 radical (unpaired) electrons. The largest absolute Gasteiger partial charge is 0.497 e. The number of nitrogens with zero attached hydrogens (tertiary/aromatic N) is 3. The maximum atomic E-state index is 10.3. The molecule has 3 N–H and O–H groups in total. The molecular weight excluding hydrogens is 410 g/mol. The lowest BCUT2D eigenvalue weighted by Crippen LogP contribution is -2.39. The van der Waals surface area contributed by atoms with Crippen molar-refractivity contribution in [3.8, 4) is 11.4 Å². The smallest absolute Gasteiger partial charge is 0.191 e. The highest BCUT2D eigenvalue weighted by molar-refractivity contribution is 7.16. The number of hydrogen-bond acceptors (Lipinski definition) is 5. The van der Waals surface area contributed by atoms with E-state index in [0.29, 0.717) is 29.9 Å². The summed E-state index contributed by atoms with van der Waals surface area (Å²) in [6, 6.07) is 13.2. The van der Waals surface area contributed by atoms with Gasteiger partial charge in [-0.1, -0.05) is 11.6 Å². The molecule has 0 spiro atoms. The van der Waals surface area contributed by atoms with Crippen molar-refractivity contribution in [1.29, 1.82) is 0 Å². The number of methoxy groups -OCH3 is 1. The van der Waals surface area contributed by atoms with E-state index >= 15 is 0 Å². The molecule has 29 heavy (non-hydrogen) atoms. The Morgan fingerprint density at radius 2 is 2.03 bits per heavy atom. The zero-order valence-electron chi connectivity index (χ0n) is 16.3. The predicted molar refractivity (Wildman–Crippen MR) is 117 cm³/mol. The lowest BCUT2D eigenvalue weighted by atomic mass is 10.3. The summed E-state index contributed by atoms with van der Waals surface area (Å²) >= 11 is 7.30. The molecule has 3 aromatic rings. The fourth-order valence-corrected chi connectivity index (χ4v) is 3.67. The molecule has 7 nitrogen and oxygen atoms in total. The number of aliphatic imine (C=N–C) groups is 1. The molecule has 0 amide bonds. The highest BCUT2D eigenvalue weighted by Gasteiger charge is 2.11. The molecule has 1 unspecified atom stereocenters. The second-order valence-corrected chi connectivity index (χ2v) is 7.93. The van der Waals surface area contributed by atoms with Crippen LogP contribution in [-0.4, -0.2) is 41.0 Å². The van der Waals surface area contributed by atoms with E-state index < -0.39 is 6.10 Å². The van der Waals surface area contributed by atoms with Crippen molar-refractivity contribution in [2.24, 2.45) is 4.99 Å². The molecule has 1 atom stereocenters. The van der Waals surface area contributed by atoms with Gasteiger partial charge in [0.1, 0.15) is 11.9 Å². The maximum absolute atomic E-state index is 10.3. The van der Waals surface area contributed by atoms with Gasteiger partial charge in [-0.15, -0.1) is 11.3 Å². The number of hydrogen-bond donors (Lipinski definition) is 3. The topological polar surface area (TPSA) is 83.7 Å². The number of rotatable bonds is 8. The van der Waals surface area contributed by atoms with E-state index in [4.69, 9.17) is 16.3 Å². The van der Waals surface area contributed by atoms with Crippen LogP contribution in [0.1, 0.15) is 23.6 Å². The van der Waals surface area contributed by atoms with E-state index in [1.165, 1.54) is 11.3 Å². The van der Waals surface area contributed by atoms with Crippen molar-refractivity contribution >= 4 is 28.9 Å². The number of aliphatic hydroxyl groups excluding tert-OH is 1. The first kappa shape index (κ1) is 21.2. The summed E-state index contributed by atoms with van der Waals surface area (Å²) < 4.78 is 7.64. The summed E-state index contributed by atoms with van der Waals surface area (Å²) in [7, 11) is 1.64. The minimum absolute atomic E-state index is 0.336. The zero-order valence-corrected chi connectivity index (χ0v) is 17.9. The van der Waals surface area contributed by atoms with E-state index in [1.807, 2.05) is 49.5 Å². The van der Waals surface area contributed by atoms with Gasteiger partial charge >= 0.3 is 0 Å². The molecule has 154 valence electrons. The van der Waals surface area contributed by atoms with E-state index in [1.54, 1.807) is 17.9 Å². The number of benzene rings is 1. The number of ether oxygens (including phenoxy) is 1. The van der Waals surface area contributed by atoms with Crippen molar-refractivity contribution in [3.05, 3.63) is 63.6 Å². The van der Waals surface area contributed by atoms with Gasteiger partial charge in [-0.25, -0.2) is 9.67 Å². The molecule has 2 aromatic heterocycles. The monoisotopic (exact) mass is 433 g/mol. The van der Waals surface area contributed by atoms with Crippen LogP contribution in [0.25, 0.3) is 5.69 Å². The highest BCUT2D eigenvalue weighted by atomic mass is 35.5. The highest BCUT2D eigenvalue weighted by Crippen LogP contribution is 2.26. The van der Waals surface area contributed by atoms with E-state index in [2.05, 4.69) is 20.7 Å². The molecule has 0 saturated carbocycles. The number of thiophene rings is 1. The summed E-state index contributed by atoms with van der Waals surface area (Å²) in [6.07, 6.45) is 1.25. The Labute approximate surface area is 179 Å². The van der Waals surface area contributed by atoms with E-state index in [9.17, 15) is 5.11 Å². The third-order valence-corrected chi connectivity index (χ3v) is 5.44. The molecule has 2 heterocycles. The molecule has 0 aliphatic carbocycles. The van der Waals surface area contributed by atoms with Gasteiger partial charge in [0.05, 0.1) is 29.4 Å². The Bertz CT molecular complexity index is 939. The van der Waals surface area contributed by atoms with Gasteiger partial charge in [0.15, 0.2) is 5.96 Å². The summed E-state index contributed by atoms with van der Waals surface area (Å²) in [4.78, 5) is 5.37. The Kier molecular flexibility index (Phi) is 7.51. The number of aromatic nitrogens is 2. The van der Waals surface area contributed by atoms with Gasteiger partial charge in [-0.3, -0.25) is 0 Å². The van der Waals surface area contributed by atoms with Gasteiger partial charge in [-0.05, 0) is 49.4 Å². The lowest BCUT2D eigenvalue weighted by molar-refractivity contribution is 0.184. The van der Waals surface area contributed by atoms with Crippen LogP contribution in [0.5, 0.6) is 5.75 Å². The van der Waals surface area contributed by atoms with Gasteiger partial charge in [-0.2, -0.15) is 5.10 Å². The Balaban J connectivity index is 1.60. The van der Waals surface area contributed by atoms with Crippen LogP contribution >= 0.6 is 22.9 Å². The molecule has 0 saturated heterocycles. The Hall–Kier alpha value is -2.55. The summed E-state index contributed by atoms with van der Waals surface area (Å²) in [5, 5.41) is 21.2. The average Bonchev–Trinajstić information content (AvgIpc) is 3.39. The van der Waals surface area contributed by atoms with Crippen LogP contribution < -0.4 is 15.4 Å². The zero-order chi connectivity index (χ0) is 20.6. The minimum atomic E-state index is -0.648. The lowest BCUT2D eigenvalue weighted by Gasteiger charge is -2.14. The second kappa shape index (κ2) is 10.3. The predicted octanol–water partition coefficient (Wildman–Crippen LogP) is 3.38. The standard InChI is InChI=1S/C20H24ClN5O2S/c1-3-22-20(24-13-17(27)18-8-9-19(21)29-18)23-12-14-10-11-26(25-14)15-4-6-16(28-2)7-5-15/h4-11,17,27H,3,12-13H2,1-2H3,(H2,22,23,24). The molecule has 0 aliphatic heterocycles. The Morgan fingerprint density at radius 3 is 2.69 bits per heavy atom. The SMILES string of the molecule is CCNC(=NCc1ccn(-c2ccc(OC)cc2)n1)NCC(O)c1ccc(Cl)s1. The molecule has 1 aromatic carbocycles. The second-order valence-electron chi connectivity index (χ2n) is 6.18. The number of nitrogens with one attached hydrogen (secondary N) is 2. The first-order valence-electron chi connectivity index (χ1n) is 9.23. The molecule has 9 heteroatoms. The maximum Gasteiger partial charge on any atom is 0.191 e. The third kappa shape index (κ3) is 5.96. The van der Waals surface area contributed by atoms with Crippen LogP contribution in [0.4, 0.5) is 0 Å². The Morgan fingerprint density at radius 1 is 1.24 bits per heavy atom. The van der Waals surface area contributed by atoms with Crippen molar-refractivity contribution in [3.63, 3.8) is 0 Å². The van der Waals surface area contributed by atoms with Crippen molar-refractivity contribution in [1.82, 2.24) is 20.4 Å². The number of aliphatic hydroxyl groups is 1. The van der Waals surface area contributed by atoms with Crippen molar-refractivity contribution < 1.29 is 9.84 Å². The fourth-order valence-electron chi connectivity index (χ4n) is 2.63. The third-order valence-electron chi connectivity index (χ3n) is 4.11.